The van der Waals surface area contributed by atoms with Gasteiger partial charge in [-0.15, -0.1) is 13.2 Å². The Balaban J connectivity index is 1.81. The number of hydrogen-bond acceptors (Lipinski definition) is 4. The molecule has 2 aromatic rings. The maximum Gasteiger partial charge on any atom is 0.573 e. The monoisotopic (exact) mass is 386 g/mol. The van der Waals surface area contributed by atoms with E-state index in [2.05, 4.69) is 14.8 Å². The molecule has 1 aliphatic heterocycles. The first kappa shape index (κ1) is 18.5. The Bertz CT molecular complexity index is 879. The van der Waals surface area contributed by atoms with E-state index in [1.165, 1.54) is 12.1 Å². The predicted octanol–water partition coefficient (Wildman–Crippen LogP) is 3.46. The van der Waals surface area contributed by atoms with Gasteiger partial charge in [0.05, 0.1) is 4.90 Å². The molecule has 0 aliphatic carbocycles. The molecule has 0 saturated carbocycles. The highest BCUT2D eigenvalue weighted by atomic mass is 32.2. The van der Waals surface area contributed by atoms with Gasteiger partial charge in [-0.2, -0.15) is 0 Å². The van der Waals surface area contributed by atoms with Gasteiger partial charge in [0.25, 0.3) is 10.0 Å². The molecule has 1 aliphatic rings. The average molecular weight is 386 g/mol. The highest BCUT2D eigenvalue weighted by Crippen LogP contribution is 2.28. The first-order valence-corrected chi connectivity index (χ1v) is 9.40. The summed E-state index contributed by atoms with van der Waals surface area (Å²) >= 11 is 0. The Morgan fingerprint density at radius 3 is 2.58 bits per heavy atom. The lowest BCUT2D eigenvalue weighted by Crippen LogP contribution is -2.18. The second-order valence-corrected chi connectivity index (χ2v) is 7.63. The molecule has 1 saturated heterocycles. The molecule has 9 heteroatoms. The fourth-order valence-corrected chi connectivity index (χ4v) is 3.93. The number of ether oxygens (including phenoxy) is 1. The fourth-order valence-electron chi connectivity index (χ4n) is 2.85. The highest BCUT2D eigenvalue weighted by Gasteiger charge is 2.31. The molecule has 1 fully saturated rings. The molecule has 5 nitrogen and oxygen atoms in total. The van der Waals surface area contributed by atoms with Crippen LogP contribution in [0.25, 0.3) is 0 Å². The maximum atomic E-state index is 12.5. The third-order valence-electron chi connectivity index (χ3n) is 4.02. The van der Waals surface area contributed by atoms with E-state index in [0.29, 0.717) is 11.6 Å². The van der Waals surface area contributed by atoms with Crippen molar-refractivity contribution in [1.29, 1.82) is 0 Å². The third kappa shape index (κ3) is 4.67. The Morgan fingerprint density at radius 2 is 1.88 bits per heavy atom. The first-order valence-electron chi connectivity index (χ1n) is 7.92. The first-order chi connectivity index (χ1) is 12.2. The van der Waals surface area contributed by atoms with Crippen molar-refractivity contribution in [1.82, 2.24) is 5.32 Å². The minimum atomic E-state index is -4.89. The average Bonchev–Trinajstić information content (AvgIpc) is 3.08. The van der Waals surface area contributed by atoms with Crippen molar-refractivity contribution < 1.29 is 26.3 Å². The molecule has 0 bridgehead atoms. The number of sulfonamides is 1. The van der Waals surface area contributed by atoms with Crippen molar-refractivity contribution in [2.24, 2.45) is 0 Å². The number of anilines is 1. The van der Waals surface area contributed by atoms with Crippen LogP contribution in [-0.4, -0.2) is 27.9 Å². The number of benzene rings is 2. The predicted molar refractivity (Wildman–Crippen MR) is 90.6 cm³/mol. The molecule has 0 aromatic heterocycles. The maximum absolute atomic E-state index is 12.5. The lowest BCUT2D eigenvalue weighted by Gasteiger charge is -2.13. The summed E-state index contributed by atoms with van der Waals surface area (Å²) in [4.78, 5) is -0.313. The zero-order valence-corrected chi connectivity index (χ0v) is 14.4. The summed E-state index contributed by atoms with van der Waals surface area (Å²) in [6, 6.07) is 11.3. The standard InChI is InChI=1S/C17H17F3N2O3S/c18-17(19,20)25-15-5-2-6-16(10-15)26(23,24)22-14-4-1-3-12(9-14)13-7-8-21-11-13/h1-6,9-10,13,21-22H,7-8,11H2/t13-/m1/s1. The summed E-state index contributed by atoms with van der Waals surface area (Å²) in [6.07, 6.45) is -3.92. The van der Waals surface area contributed by atoms with E-state index in [9.17, 15) is 21.6 Å². The van der Waals surface area contributed by atoms with Crippen LogP contribution >= 0.6 is 0 Å². The van der Waals surface area contributed by atoms with Gasteiger partial charge in [-0.05, 0) is 48.7 Å². The van der Waals surface area contributed by atoms with Crippen LogP contribution < -0.4 is 14.8 Å². The van der Waals surface area contributed by atoms with E-state index in [0.717, 1.165) is 37.2 Å². The quantitative estimate of drug-likeness (QED) is 0.826. The van der Waals surface area contributed by atoms with Crippen molar-refractivity contribution in [3.63, 3.8) is 0 Å². The number of alkyl halides is 3. The van der Waals surface area contributed by atoms with Crippen LogP contribution in [0.4, 0.5) is 18.9 Å². The molecule has 2 aromatic carbocycles. The van der Waals surface area contributed by atoms with E-state index >= 15 is 0 Å². The summed E-state index contributed by atoms with van der Waals surface area (Å²) in [5, 5.41) is 3.24. The molecule has 2 N–H and O–H groups in total. The molecule has 140 valence electrons. The van der Waals surface area contributed by atoms with Gasteiger partial charge >= 0.3 is 6.36 Å². The van der Waals surface area contributed by atoms with Gasteiger partial charge < -0.3 is 10.1 Å². The van der Waals surface area contributed by atoms with Crippen molar-refractivity contribution >= 4 is 15.7 Å². The molecular weight excluding hydrogens is 369 g/mol. The van der Waals surface area contributed by atoms with Gasteiger partial charge in [0.15, 0.2) is 0 Å². The lowest BCUT2D eigenvalue weighted by atomic mass is 9.98. The van der Waals surface area contributed by atoms with E-state index < -0.39 is 22.1 Å². The van der Waals surface area contributed by atoms with Gasteiger partial charge in [0.1, 0.15) is 5.75 Å². The molecule has 1 atom stereocenters. The number of nitrogens with one attached hydrogen (secondary N) is 2. The second-order valence-electron chi connectivity index (χ2n) is 5.94. The minimum absolute atomic E-state index is 0.308. The summed E-state index contributed by atoms with van der Waals surface area (Å²) < 4.78 is 68.1. The zero-order chi connectivity index (χ0) is 18.8. The number of rotatable bonds is 5. The van der Waals surface area contributed by atoms with Crippen LogP contribution in [0, 0.1) is 0 Å². The molecule has 3 rings (SSSR count). The summed E-state index contributed by atoms with van der Waals surface area (Å²) in [6.45, 7) is 1.74. The van der Waals surface area contributed by atoms with Crippen LogP contribution in [-0.2, 0) is 10.0 Å². The summed E-state index contributed by atoms with van der Waals surface area (Å²) in [5.74, 6) is -0.283. The Kier molecular flexibility index (Phi) is 5.10. The molecule has 0 radical (unpaired) electrons. The van der Waals surface area contributed by atoms with Gasteiger partial charge in [-0.1, -0.05) is 18.2 Å². The molecular formula is C17H17F3N2O3S. The smallest absolute Gasteiger partial charge is 0.406 e. The zero-order valence-electron chi connectivity index (χ0n) is 13.6. The number of halogens is 3. The lowest BCUT2D eigenvalue weighted by molar-refractivity contribution is -0.274. The summed E-state index contributed by atoms with van der Waals surface area (Å²) in [7, 11) is -4.04. The number of hydrogen-bond donors (Lipinski definition) is 2. The van der Waals surface area contributed by atoms with E-state index in [-0.39, 0.29) is 4.90 Å². The van der Waals surface area contributed by atoms with Crippen molar-refractivity contribution in [2.75, 3.05) is 17.8 Å². The normalized spacial score (nSPS) is 17.9. The van der Waals surface area contributed by atoms with Crippen LogP contribution in [0.5, 0.6) is 5.75 Å². The Hall–Kier alpha value is -2.26. The van der Waals surface area contributed by atoms with Crippen LogP contribution in [0.3, 0.4) is 0 Å². The van der Waals surface area contributed by atoms with E-state index in [1.807, 2.05) is 6.07 Å². The van der Waals surface area contributed by atoms with Gasteiger partial charge in [-0.25, -0.2) is 8.42 Å². The van der Waals surface area contributed by atoms with Gasteiger partial charge in [0.2, 0.25) is 0 Å². The topological polar surface area (TPSA) is 67.4 Å². The minimum Gasteiger partial charge on any atom is -0.406 e. The van der Waals surface area contributed by atoms with E-state index in [4.69, 9.17) is 0 Å². The van der Waals surface area contributed by atoms with Crippen LogP contribution in [0.2, 0.25) is 0 Å². The Morgan fingerprint density at radius 1 is 1.12 bits per heavy atom. The Labute approximate surface area is 149 Å². The molecule has 0 spiro atoms. The van der Waals surface area contributed by atoms with Crippen molar-refractivity contribution in [3.8, 4) is 5.75 Å². The largest absolute Gasteiger partial charge is 0.573 e. The van der Waals surface area contributed by atoms with Crippen molar-refractivity contribution in [3.05, 3.63) is 54.1 Å². The van der Waals surface area contributed by atoms with Crippen LogP contribution in [0.15, 0.2) is 53.4 Å². The van der Waals surface area contributed by atoms with Crippen molar-refractivity contribution in [2.45, 2.75) is 23.6 Å². The summed E-state index contributed by atoms with van der Waals surface area (Å²) in [5.41, 5.74) is 1.36. The molecule has 26 heavy (non-hydrogen) atoms. The van der Waals surface area contributed by atoms with Gasteiger partial charge in [0, 0.05) is 18.3 Å². The molecule has 1 heterocycles. The molecule has 0 amide bonds. The van der Waals surface area contributed by atoms with Crippen LogP contribution in [0.1, 0.15) is 17.9 Å². The van der Waals surface area contributed by atoms with E-state index in [1.54, 1.807) is 18.2 Å². The molecule has 0 unspecified atom stereocenters. The SMILES string of the molecule is O=S(=O)(Nc1cccc([C@@H]2CCNC2)c1)c1cccc(OC(F)(F)F)c1. The fraction of sp³-hybridized carbons (Fsp3) is 0.294. The highest BCUT2D eigenvalue weighted by molar-refractivity contribution is 7.92. The third-order valence-corrected chi connectivity index (χ3v) is 5.40. The van der Waals surface area contributed by atoms with Gasteiger partial charge in [-0.3, -0.25) is 4.72 Å². The second kappa shape index (κ2) is 7.16.